The molecule has 0 N–H and O–H groups in total. The Hall–Kier alpha value is -1.35. The first-order chi connectivity index (χ1) is 5.33. The zero-order valence-electron chi connectivity index (χ0n) is 6.27. The van der Waals surface area contributed by atoms with Crippen molar-refractivity contribution in [2.75, 3.05) is 0 Å². The number of carbonyl (C=O) groups excluding carboxylic acids is 1. The molecule has 0 aliphatic rings. The molecule has 0 saturated heterocycles. The van der Waals surface area contributed by atoms with Crippen LogP contribution in [-0.4, -0.2) is 11.0 Å². The second-order valence-electron chi connectivity index (χ2n) is 1.79. The molecule has 0 radical (unpaired) electrons. The smallest absolute Gasteiger partial charge is 0.336 e. The highest BCUT2D eigenvalue weighted by Crippen LogP contribution is 2.02. The number of pyridine rings is 1. The maximum atomic E-state index is 10.6. The fraction of sp³-hybridized carbons (Fsp3) is 0. The summed E-state index contributed by atoms with van der Waals surface area (Å²) >= 11 is 0. The molecule has 0 aliphatic carbocycles. The third-order valence-electron chi connectivity index (χ3n) is 1.01. The van der Waals surface area contributed by atoms with Crippen molar-refractivity contribution in [2.45, 2.75) is 0 Å². The second-order valence-corrected chi connectivity index (χ2v) is 1.79. The van der Waals surface area contributed by atoms with Gasteiger partial charge >= 0.3 is 5.97 Å². The Morgan fingerprint density at radius 2 is 2.33 bits per heavy atom. The van der Waals surface area contributed by atoms with E-state index in [0.717, 1.165) is 6.08 Å². The molecule has 3 nitrogen and oxygen atoms in total. The lowest BCUT2D eigenvalue weighted by molar-refractivity contribution is -0.129. The van der Waals surface area contributed by atoms with Crippen molar-refractivity contribution in [2.24, 2.45) is 0 Å². The van der Waals surface area contributed by atoms with Gasteiger partial charge < -0.3 is 4.74 Å². The number of carbonyl (C=O) groups is 1. The predicted octanol–water partition coefficient (Wildman–Crippen LogP) is 1.59. The first-order valence-corrected chi connectivity index (χ1v) is 3.08. The molecule has 0 amide bonds. The van der Waals surface area contributed by atoms with Gasteiger partial charge in [0.15, 0.2) is 0 Å². The Bertz CT molecular complexity index is 261. The molecular formula is C8H8ClNO2. The van der Waals surface area contributed by atoms with Gasteiger partial charge in [0.05, 0.1) is 0 Å². The van der Waals surface area contributed by atoms with E-state index in [2.05, 4.69) is 11.6 Å². The highest BCUT2D eigenvalue weighted by molar-refractivity contribution is 5.85. The minimum atomic E-state index is -0.497. The van der Waals surface area contributed by atoms with Gasteiger partial charge in [-0.1, -0.05) is 12.6 Å². The molecule has 0 atom stereocenters. The molecule has 0 bridgehead atoms. The van der Waals surface area contributed by atoms with Gasteiger partial charge in [0.25, 0.3) is 0 Å². The normalized spacial score (nSPS) is 8.00. The van der Waals surface area contributed by atoms with Crippen molar-refractivity contribution in [3.63, 3.8) is 0 Å². The van der Waals surface area contributed by atoms with Crippen LogP contribution in [0, 0.1) is 0 Å². The molecule has 0 spiro atoms. The highest BCUT2D eigenvalue weighted by atomic mass is 35.5. The van der Waals surface area contributed by atoms with Gasteiger partial charge in [0, 0.05) is 18.3 Å². The summed E-state index contributed by atoms with van der Waals surface area (Å²) < 4.78 is 4.70. The summed E-state index contributed by atoms with van der Waals surface area (Å²) in [6, 6.07) is 5.07. The second kappa shape index (κ2) is 5.32. The van der Waals surface area contributed by atoms with Crippen LogP contribution in [0.4, 0.5) is 0 Å². The quantitative estimate of drug-likeness (QED) is 0.519. The van der Waals surface area contributed by atoms with Crippen molar-refractivity contribution in [1.82, 2.24) is 4.98 Å². The number of rotatable bonds is 2. The standard InChI is InChI=1S/C8H7NO2.ClH/c1-2-8(10)11-7-5-3-4-6-9-7;/h2-6H,1H2;1H. The van der Waals surface area contributed by atoms with Crippen molar-refractivity contribution >= 4 is 18.4 Å². The molecule has 1 aromatic rings. The van der Waals surface area contributed by atoms with Crippen LogP contribution in [0.1, 0.15) is 0 Å². The van der Waals surface area contributed by atoms with Crippen molar-refractivity contribution in [3.05, 3.63) is 37.1 Å². The minimum absolute atomic E-state index is 0. The summed E-state index contributed by atoms with van der Waals surface area (Å²) in [6.45, 7) is 3.25. The minimum Gasteiger partial charge on any atom is -0.404 e. The number of halogens is 1. The molecule has 0 aliphatic heterocycles. The number of ether oxygens (including phenoxy) is 1. The Labute approximate surface area is 76.5 Å². The third kappa shape index (κ3) is 3.16. The molecule has 1 rings (SSSR count). The Balaban J connectivity index is 0.00000121. The predicted molar refractivity (Wildman–Crippen MR) is 47.3 cm³/mol. The first kappa shape index (κ1) is 10.7. The SMILES string of the molecule is C=CC(=O)Oc1ccccn1.Cl. The summed E-state index contributed by atoms with van der Waals surface area (Å²) in [5.74, 6) is -0.207. The molecule has 1 heterocycles. The van der Waals surface area contributed by atoms with Crippen LogP contribution in [0.5, 0.6) is 5.88 Å². The number of hydrogen-bond donors (Lipinski definition) is 0. The Morgan fingerprint density at radius 3 is 2.83 bits per heavy atom. The van der Waals surface area contributed by atoms with E-state index in [0.29, 0.717) is 0 Å². The number of nitrogens with zero attached hydrogens (tertiary/aromatic N) is 1. The zero-order valence-corrected chi connectivity index (χ0v) is 7.08. The van der Waals surface area contributed by atoms with Gasteiger partial charge in [-0.25, -0.2) is 9.78 Å². The molecule has 0 fully saturated rings. The van der Waals surface area contributed by atoms with Crippen LogP contribution in [0.3, 0.4) is 0 Å². The topological polar surface area (TPSA) is 39.2 Å². The highest BCUT2D eigenvalue weighted by Gasteiger charge is 1.97. The van der Waals surface area contributed by atoms with Gasteiger partial charge in [-0.3, -0.25) is 0 Å². The zero-order chi connectivity index (χ0) is 8.10. The van der Waals surface area contributed by atoms with Crippen molar-refractivity contribution in [3.8, 4) is 5.88 Å². The molecule has 12 heavy (non-hydrogen) atoms. The van der Waals surface area contributed by atoms with Gasteiger partial charge in [-0.15, -0.1) is 12.4 Å². The molecular weight excluding hydrogens is 178 g/mol. The lowest BCUT2D eigenvalue weighted by Gasteiger charge is -1.96. The van der Waals surface area contributed by atoms with E-state index in [1.165, 1.54) is 0 Å². The van der Waals surface area contributed by atoms with Gasteiger partial charge in [0.2, 0.25) is 5.88 Å². The van der Waals surface area contributed by atoms with Crippen LogP contribution in [-0.2, 0) is 4.79 Å². The molecule has 1 aromatic heterocycles. The third-order valence-corrected chi connectivity index (χ3v) is 1.01. The molecule has 64 valence electrons. The largest absolute Gasteiger partial charge is 0.404 e. The maximum absolute atomic E-state index is 10.6. The van der Waals surface area contributed by atoms with E-state index in [1.807, 2.05) is 0 Å². The van der Waals surface area contributed by atoms with Crippen LogP contribution >= 0.6 is 12.4 Å². The summed E-state index contributed by atoms with van der Waals surface area (Å²) in [4.78, 5) is 14.4. The number of esters is 1. The molecule has 0 aromatic carbocycles. The van der Waals surface area contributed by atoms with Crippen LogP contribution < -0.4 is 4.74 Å². The summed E-state index contributed by atoms with van der Waals surface area (Å²) in [7, 11) is 0. The van der Waals surface area contributed by atoms with Crippen molar-refractivity contribution < 1.29 is 9.53 Å². The van der Waals surface area contributed by atoms with E-state index >= 15 is 0 Å². The van der Waals surface area contributed by atoms with Gasteiger partial charge in [0.1, 0.15) is 0 Å². The van der Waals surface area contributed by atoms with E-state index in [-0.39, 0.29) is 18.3 Å². The average Bonchev–Trinajstić information content (AvgIpc) is 2.06. The number of hydrogen-bond acceptors (Lipinski definition) is 3. The van der Waals surface area contributed by atoms with Gasteiger partial charge in [-0.2, -0.15) is 0 Å². The molecule has 4 heteroatoms. The van der Waals surface area contributed by atoms with Crippen LogP contribution in [0.25, 0.3) is 0 Å². The van der Waals surface area contributed by atoms with E-state index in [1.54, 1.807) is 24.4 Å². The fourth-order valence-corrected chi connectivity index (χ4v) is 0.552. The van der Waals surface area contributed by atoms with E-state index in [9.17, 15) is 4.79 Å². The monoisotopic (exact) mass is 185 g/mol. The number of aromatic nitrogens is 1. The summed E-state index contributed by atoms with van der Waals surface area (Å²) in [5.41, 5.74) is 0. The summed E-state index contributed by atoms with van der Waals surface area (Å²) in [6.07, 6.45) is 2.64. The van der Waals surface area contributed by atoms with Gasteiger partial charge in [-0.05, 0) is 6.07 Å². The van der Waals surface area contributed by atoms with Crippen molar-refractivity contribution in [1.29, 1.82) is 0 Å². The Morgan fingerprint density at radius 1 is 1.58 bits per heavy atom. The van der Waals surface area contributed by atoms with Crippen LogP contribution in [0.2, 0.25) is 0 Å². The molecule has 0 saturated carbocycles. The lowest BCUT2D eigenvalue weighted by atomic mass is 10.5. The fourth-order valence-electron chi connectivity index (χ4n) is 0.552. The van der Waals surface area contributed by atoms with E-state index in [4.69, 9.17) is 4.74 Å². The Kier molecular flexibility index (Phi) is 4.72. The van der Waals surface area contributed by atoms with E-state index < -0.39 is 5.97 Å². The summed E-state index contributed by atoms with van der Waals surface area (Å²) in [5, 5.41) is 0. The lowest BCUT2D eigenvalue weighted by Crippen LogP contribution is -2.03. The maximum Gasteiger partial charge on any atom is 0.336 e. The molecule has 0 unspecified atom stereocenters. The first-order valence-electron chi connectivity index (χ1n) is 3.08. The average molecular weight is 186 g/mol. The van der Waals surface area contributed by atoms with Crippen LogP contribution in [0.15, 0.2) is 37.1 Å².